The second-order valence-electron chi connectivity index (χ2n) is 6.68. The van der Waals surface area contributed by atoms with E-state index in [-0.39, 0.29) is 23.2 Å². The van der Waals surface area contributed by atoms with Gasteiger partial charge in [0.2, 0.25) is 5.54 Å². The molecule has 6 nitrogen and oxygen atoms in total. The molecule has 28 heavy (non-hydrogen) atoms. The summed E-state index contributed by atoms with van der Waals surface area (Å²) in [4.78, 5) is 12.6. The number of rotatable bonds is 7. The Morgan fingerprint density at radius 2 is 1.32 bits per heavy atom. The summed E-state index contributed by atoms with van der Waals surface area (Å²) in [6.45, 7) is 2.95. The first-order valence-corrected chi connectivity index (χ1v) is 9.13. The molecule has 1 rings (SSSR count). The van der Waals surface area contributed by atoms with E-state index in [1.807, 2.05) is 5.43 Å². The minimum absolute atomic E-state index is 0.0919. The van der Waals surface area contributed by atoms with E-state index < -0.39 is 33.6 Å². The van der Waals surface area contributed by atoms with Crippen molar-refractivity contribution in [2.24, 2.45) is 0 Å². The smallest absolute Gasteiger partial charge is 0.295 e. The molecule has 3 N–H and O–H groups in total. The largest absolute Gasteiger partial charge is 0.415 e. The van der Waals surface area contributed by atoms with Crippen molar-refractivity contribution in [1.82, 2.24) is 15.6 Å². The van der Waals surface area contributed by atoms with Crippen LogP contribution >= 0.6 is 0 Å². The van der Waals surface area contributed by atoms with Gasteiger partial charge in [-0.2, -0.15) is 26.3 Å². The highest BCUT2D eigenvalue weighted by Crippen LogP contribution is 2.43. The number of alkyl halides is 6. The average Bonchev–Trinajstić information content (AvgIpc) is 2.51. The molecule has 0 saturated heterocycles. The Hall–Kier alpha value is -1.70. The van der Waals surface area contributed by atoms with Crippen molar-refractivity contribution in [2.45, 2.75) is 56.1 Å². The summed E-state index contributed by atoms with van der Waals surface area (Å²) in [6, 6.07) is 4.56. The van der Waals surface area contributed by atoms with Gasteiger partial charge >= 0.3 is 12.4 Å². The van der Waals surface area contributed by atoms with E-state index in [1.54, 1.807) is 4.83 Å². The van der Waals surface area contributed by atoms with Gasteiger partial charge in [-0.3, -0.25) is 10.1 Å². The van der Waals surface area contributed by atoms with Crippen LogP contribution in [-0.4, -0.2) is 37.8 Å². The summed E-state index contributed by atoms with van der Waals surface area (Å²) >= 11 is 0. The SMILES string of the molecule is CC(=O)c1ccc(S(=O)(=O)NNC(C)(C)NC(C)(C(F)(F)F)C(F)(F)F)cc1. The molecule has 0 radical (unpaired) electrons. The molecular formula is C15H19F6N3O3S. The Bertz CT molecular complexity index is 803. The molecule has 0 aliphatic carbocycles. The van der Waals surface area contributed by atoms with Gasteiger partial charge in [-0.25, -0.2) is 13.8 Å². The summed E-state index contributed by atoms with van der Waals surface area (Å²) in [7, 11) is -4.34. The monoisotopic (exact) mass is 435 g/mol. The van der Waals surface area contributed by atoms with E-state index in [4.69, 9.17) is 0 Å². The van der Waals surface area contributed by atoms with Crippen molar-refractivity contribution in [3.63, 3.8) is 0 Å². The topological polar surface area (TPSA) is 87.3 Å². The van der Waals surface area contributed by atoms with E-state index in [0.717, 1.165) is 26.0 Å². The first-order valence-electron chi connectivity index (χ1n) is 7.65. The van der Waals surface area contributed by atoms with Crippen LogP contribution in [0.2, 0.25) is 0 Å². The van der Waals surface area contributed by atoms with Crippen LogP contribution in [0, 0.1) is 0 Å². The van der Waals surface area contributed by atoms with Gasteiger partial charge in [0.05, 0.1) is 10.6 Å². The molecule has 0 fully saturated rings. The van der Waals surface area contributed by atoms with Crippen LogP contribution in [0.25, 0.3) is 0 Å². The van der Waals surface area contributed by atoms with Crippen molar-refractivity contribution in [3.8, 4) is 0 Å². The van der Waals surface area contributed by atoms with Crippen molar-refractivity contribution >= 4 is 15.8 Å². The number of benzene rings is 1. The first-order chi connectivity index (χ1) is 12.3. The summed E-state index contributed by atoms with van der Waals surface area (Å²) < 4.78 is 102. The van der Waals surface area contributed by atoms with Crippen molar-refractivity contribution in [1.29, 1.82) is 0 Å². The van der Waals surface area contributed by atoms with Gasteiger partial charge < -0.3 is 0 Å². The standard InChI is InChI=1S/C15H19F6N3O3S/c1-9(25)10-5-7-11(8-6-10)28(26,27)24-23-12(2,3)22-13(4,14(16,17)18)15(19,20)21/h5-8,22-24H,1-4H3. The van der Waals surface area contributed by atoms with Crippen LogP contribution in [0.4, 0.5) is 26.3 Å². The average molecular weight is 435 g/mol. The first kappa shape index (κ1) is 24.3. The Morgan fingerprint density at radius 1 is 0.893 bits per heavy atom. The normalized spacial score (nSPS) is 14.2. The van der Waals surface area contributed by atoms with Gasteiger partial charge in [-0.05, 0) is 39.8 Å². The summed E-state index contributed by atoms with van der Waals surface area (Å²) in [6.07, 6.45) is -11.4. The molecule has 0 amide bonds. The molecule has 0 bridgehead atoms. The predicted octanol–water partition coefficient (Wildman–Crippen LogP) is 2.88. The van der Waals surface area contributed by atoms with Crippen molar-refractivity contribution in [3.05, 3.63) is 29.8 Å². The van der Waals surface area contributed by atoms with E-state index in [0.29, 0.717) is 0 Å². The molecule has 0 aromatic heterocycles. The number of carbonyl (C=O) groups is 1. The third-order valence-corrected chi connectivity index (χ3v) is 5.03. The number of sulfonamides is 1. The Kier molecular flexibility index (Phi) is 6.62. The molecule has 0 spiro atoms. The maximum Gasteiger partial charge on any atom is 0.415 e. The van der Waals surface area contributed by atoms with Gasteiger partial charge in [-0.15, -0.1) is 4.83 Å². The number of ketones is 1. The lowest BCUT2D eigenvalue weighted by molar-refractivity contribution is -0.307. The number of hydrogen-bond donors (Lipinski definition) is 3. The van der Waals surface area contributed by atoms with E-state index >= 15 is 0 Å². The van der Waals surface area contributed by atoms with Crippen molar-refractivity contribution < 1.29 is 39.6 Å². The van der Waals surface area contributed by atoms with E-state index in [9.17, 15) is 39.6 Å². The van der Waals surface area contributed by atoms with Crippen LogP contribution in [-0.2, 0) is 10.0 Å². The minimum Gasteiger partial charge on any atom is -0.295 e. The highest BCUT2D eigenvalue weighted by atomic mass is 32.2. The number of hydrazine groups is 1. The third kappa shape index (κ3) is 5.43. The zero-order valence-electron chi connectivity index (χ0n) is 15.2. The number of nitrogens with one attached hydrogen (secondary N) is 3. The van der Waals surface area contributed by atoms with Gasteiger partial charge in [0, 0.05) is 5.56 Å². The molecule has 0 unspecified atom stereocenters. The quantitative estimate of drug-likeness (QED) is 0.265. The minimum atomic E-state index is -5.70. The van der Waals surface area contributed by atoms with Crippen LogP contribution in [0.3, 0.4) is 0 Å². The van der Waals surface area contributed by atoms with Crippen LogP contribution in [0.5, 0.6) is 0 Å². The Balaban J connectivity index is 3.01. The maximum atomic E-state index is 13.0. The molecule has 0 aliphatic rings. The fraction of sp³-hybridized carbons (Fsp3) is 0.533. The van der Waals surface area contributed by atoms with Gasteiger partial charge in [-0.1, -0.05) is 12.1 Å². The van der Waals surface area contributed by atoms with E-state index in [1.165, 1.54) is 24.4 Å². The number of Topliss-reactive ketones (excluding diaryl/α,β-unsaturated/α-hetero) is 1. The maximum absolute atomic E-state index is 13.0. The fourth-order valence-electron chi connectivity index (χ4n) is 2.08. The highest BCUT2D eigenvalue weighted by molar-refractivity contribution is 7.89. The Morgan fingerprint density at radius 3 is 1.68 bits per heavy atom. The molecule has 1 aromatic rings. The lowest BCUT2D eigenvalue weighted by atomic mass is 9.98. The van der Waals surface area contributed by atoms with Gasteiger partial charge in [0.25, 0.3) is 10.0 Å². The second kappa shape index (κ2) is 7.61. The summed E-state index contributed by atoms with van der Waals surface area (Å²) in [5.74, 6) is -0.320. The van der Waals surface area contributed by atoms with Crippen LogP contribution in [0.1, 0.15) is 38.1 Å². The predicted molar refractivity (Wildman–Crippen MR) is 87.6 cm³/mol. The van der Waals surface area contributed by atoms with Gasteiger partial charge in [0.1, 0.15) is 0 Å². The summed E-state index contributed by atoms with van der Waals surface area (Å²) in [5.41, 5.74) is -4.32. The highest BCUT2D eigenvalue weighted by Gasteiger charge is 2.68. The van der Waals surface area contributed by atoms with Crippen molar-refractivity contribution in [2.75, 3.05) is 0 Å². The molecule has 13 heteroatoms. The molecule has 0 atom stereocenters. The zero-order chi connectivity index (χ0) is 22.2. The zero-order valence-corrected chi connectivity index (χ0v) is 16.0. The lowest BCUT2D eigenvalue weighted by Crippen LogP contribution is -2.73. The number of carbonyl (C=O) groups excluding carboxylic acids is 1. The number of hydrogen-bond acceptors (Lipinski definition) is 5. The summed E-state index contributed by atoms with van der Waals surface area (Å²) in [5, 5.41) is 1.37. The molecule has 0 saturated carbocycles. The lowest BCUT2D eigenvalue weighted by Gasteiger charge is -2.41. The molecule has 160 valence electrons. The van der Waals surface area contributed by atoms with Gasteiger partial charge in [0.15, 0.2) is 5.78 Å². The third-order valence-electron chi connectivity index (χ3n) is 3.77. The number of halogens is 6. The Labute approximate surface area is 157 Å². The molecule has 0 heterocycles. The molecular weight excluding hydrogens is 416 g/mol. The van der Waals surface area contributed by atoms with Crippen LogP contribution < -0.4 is 15.6 Å². The molecule has 1 aromatic carbocycles. The second-order valence-corrected chi connectivity index (χ2v) is 8.36. The fourth-order valence-corrected chi connectivity index (χ4v) is 3.08. The van der Waals surface area contributed by atoms with E-state index in [2.05, 4.69) is 0 Å². The molecule has 0 aliphatic heterocycles. The van der Waals surface area contributed by atoms with Crippen LogP contribution in [0.15, 0.2) is 29.2 Å².